The molecule has 2 aliphatic rings. The number of rotatable bonds is 3. The molecule has 1 spiro atoms. The summed E-state index contributed by atoms with van der Waals surface area (Å²) in [6.07, 6.45) is -0.272. The fraction of sp³-hybridized carbons (Fsp3) is 1.00. The van der Waals surface area contributed by atoms with Gasteiger partial charge in [0.25, 0.3) is 0 Å². The van der Waals surface area contributed by atoms with Crippen LogP contribution in [0.15, 0.2) is 0 Å². The molecule has 1 aliphatic heterocycles. The van der Waals surface area contributed by atoms with E-state index in [1.807, 2.05) is 0 Å². The topological polar surface area (TPSA) is 69.9 Å². The molecule has 2 rings (SSSR count). The van der Waals surface area contributed by atoms with Crippen LogP contribution >= 0.6 is 23.5 Å². The molecular formula is C15H30O4S2Si. The van der Waals surface area contributed by atoms with Crippen molar-refractivity contribution in [3.05, 3.63) is 0 Å². The summed E-state index contributed by atoms with van der Waals surface area (Å²) < 4.78 is 6.22. The van der Waals surface area contributed by atoms with Gasteiger partial charge in [0, 0.05) is 24.3 Å². The molecule has 0 aromatic carbocycles. The first kappa shape index (κ1) is 19.1. The van der Waals surface area contributed by atoms with Gasteiger partial charge in [-0.05, 0) is 18.1 Å². The highest BCUT2D eigenvalue weighted by atomic mass is 32.2. The van der Waals surface area contributed by atoms with Crippen molar-refractivity contribution in [2.24, 2.45) is 0 Å². The summed E-state index contributed by atoms with van der Waals surface area (Å²) in [5.74, 6) is 1.99. The molecule has 4 nitrogen and oxygen atoms in total. The number of thioether (sulfide) groups is 2. The fourth-order valence-corrected chi connectivity index (χ4v) is 7.72. The number of hydrogen-bond donors (Lipinski definition) is 3. The normalized spacial score (nSPS) is 36.0. The average Bonchev–Trinajstić information content (AvgIpc) is 2.85. The molecule has 1 saturated carbocycles. The zero-order chi connectivity index (χ0) is 16.8. The maximum absolute atomic E-state index is 10.7. The van der Waals surface area contributed by atoms with Gasteiger partial charge >= 0.3 is 0 Å². The van der Waals surface area contributed by atoms with E-state index in [4.69, 9.17) is 4.43 Å². The molecular weight excluding hydrogens is 336 g/mol. The maximum Gasteiger partial charge on any atom is 0.192 e. The van der Waals surface area contributed by atoms with Gasteiger partial charge in [0.05, 0.1) is 24.4 Å². The number of aliphatic hydroxyl groups excluding tert-OH is 2. The molecule has 0 aromatic heterocycles. The Bertz CT molecular complexity index is 407. The Balaban J connectivity index is 2.30. The molecule has 0 radical (unpaired) electrons. The highest BCUT2D eigenvalue weighted by Gasteiger charge is 2.59. The largest absolute Gasteiger partial charge is 0.411 e. The molecule has 0 bridgehead atoms. The Kier molecular flexibility index (Phi) is 5.41. The van der Waals surface area contributed by atoms with Gasteiger partial charge in [-0.25, -0.2) is 0 Å². The van der Waals surface area contributed by atoms with E-state index in [0.29, 0.717) is 6.42 Å². The summed E-state index contributed by atoms with van der Waals surface area (Å²) >= 11 is 3.52. The van der Waals surface area contributed by atoms with E-state index in [1.54, 1.807) is 23.5 Å². The van der Waals surface area contributed by atoms with Crippen LogP contribution in [0.1, 0.15) is 33.6 Å². The summed E-state index contributed by atoms with van der Waals surface area (Å²) in [4.78, 5) is 0. The lowest BCUT2D eigenvalue weighted by molar-refractivity contribution is -0.112. The molecule has 0 amide bonds. The third kappa shape index (κ3) is 3.41. The van der Waals surface area contributed by atoms with Gasteiger partial charge in [-0.2, -0.15) is 0 Å². The van der Waals surface area contributed by atoms with Gasteiger partial charge in [0.15, 0.2) is 8.32 Å². The SMILES string of the molecule is CC(C)(C)[Si](C)(C)O[C@@H]1C[C@@](O)(CO)C[C@@H](O)C12SCCS2. The zero-order valence-electron chi connectivity index (χ0n) is 14.3. The summed E-state index contributed by atoms with van der Waals surface area (Å²) in [5.41, 5.74) is -1.23. The Hall–Kier alpha value is 0.757. The van der Waals surface area contributed by atoms with E-state index < -0.39 is 24.1 Å². The van der Waals surface area contributed by atoms with E-state index in [9.17, 15) is 15.3 Å². The standard InChI is InChI=1S/C15H30O4S2Si/c1-13(2,3)22(4,5)19-12-9-14(18,10-16)8-11(17)15(12)20-6-7-21-15/h11-12,16-18H,6-10H2,1-5H3/t11-,12-,14-/m1/s1. The predicted octanol–water partition coefficient (Wildman–Crippen LogP) is 2.43. The van der Waals surface area contributed by atoms with Crippen LogP contribution in [0.4, 0.5) is 0 Å². The van der Waals surface area contributed by atoms with Crippen molar-refractivity contribution in [3.63, 3.8) is 0 Å². The highest BCUT2D eigenvalue weighted by molar-refractivity contribution is 8.21. The quantitative estimate of drug-likeness (QED) is 0.667. The highest BCUT2D eigenvalue weighted by Crippen LogP contribution is 2.57. The molecule has 1 aliphatic carbocycles. The summed E-state index contributed by atoms with van der Waals surface area (Å²) in [5, 5.41) is 30.9. The number of hydrogen-bond acceptors (Lipinski definition) is 6. The second kappa shape index (κ2) is 6.24. The maximum atomic E-state index is 10.7. The Morgan fingerprint density at radius 3 is 2.18 bits per heavy atom. The van der Waals surface area contributed by atoms with Crippen LogP contribution in [0.25, 0.3) is 0 Å². The van der Waals surface area contributed by atoms with Crippen molar-refractivity contribution in [1.29, 1.82) is 0 Å². The van der Waals surface area contributed by atoms with Crippen LogP contribution < -0.4 is 0 Å². The monoisotopic (exact) mass is 366 g/mol. The molecule has 130 valence electrons. The van der Waals surface area contributed by atoms with Gasteiger partial charge in [0.2, 0.25) is 0 Å². The molecule has 1 heterocycles. The van der Waals surface area contributed by atoms with Crippen molar-refractivity contribution in [2.45, 2.75) is 73.6 Å². The zero-order valence-corrected chi connectivity index (χ0v) is 16.9. The molecule has 3 atom stereocenters. The van der Waals surface area contributed by atoms with Crippen molar-refractivity contribution in [3.8, 4) is 0 Å². The smallest absolute Gasteiger partial charge is 0.192 e. The lowest BCUT2D eigenvalue weighted by Gasteiger charge is -2.52. The molecule has 7 heteroatoms. The Morgan fingerprint density at radius 1 is 1.18 bits per heavy atom. The van der Waals surface area contributed by atoms with Gasteiger partial charge in [-0.3, -0.25) is 0 Å². The molecule has 3 N–H and O–H groups in total. The molecule has 0 aromatic rings. The first-order chi connectivity index (χ1) is 9.96. The fourth-order valence-electron chi connectivity index (χ4n) is 2.90. The molecule has 22 heavy (non-hydrogen) atoms. The summed E-state index contributed by atoms with van der Waals surface area (Å²) in [7, 11) is -2.02. The Labute approximate surface area is 143 Å². The van der Waals surface area contributed by atoms with E-state index in [-0.39, 0.29) is 24.2 Å². The minimum absolute atomic E-state index is 0.0713. The van der Waals surface area contributed by atoms with Crippen molar-refractivity contribution < 1.29 is 19.7 Å². The lowest BCUT2D eigenvalue weighted by Crippen LogP contribution is -2.62. The van der Waals surface area contributed by atoms with Crippen LogP contribution in [-0.4, -0.2) is 63.6 Å². The third-order valence-electron chi connectivity index (χ3n) is 5.33. The van der Waals surface area contributed by atoms with Crippen LogP contribution in [-0.2, 0) is 4.43 Å². The minimum atomic E-state index is -2.02. The van der Waals surface area contributed by atoms with Crippen molar-refractivity contribution in [2.75, 3.05) is 18.1 Å². The van der Waals surface area contributed by atoms with Gasteiger partial charge in [-0.15, -0.1) is 23.5 Å². The summed E-state index contributed by atoms with van der Waals surface area (Å²) in [6.45, 7) is 10.6. The van der Waals surface area contributed by atoms with Crippen LogP contribution in [0.5, 0.6) is 0 Å². The second-order valence-corrected chi connectivity index (χ2v) is 15.9. The van der Waals surface area contributed by atoms with E-state index in [0.717, 1.165) is 11.5 Å². The van der Waals surface area contributed by atoms with Gasteiger partial charge in [0.1, 0.15) is 4.08 Å². The van der Waals surface area contributed by atoms with Crippen LogP contribution in [0, 0.1) is 0 Å². The van der Waals surface area contributed by atoms with E-state index in [1.165, 1.54) is 0 Å². The first-order valence-corrected chi connectivity index (χ1v) is 12.8. The van der Waals surface area contributed by atoms with E-state index >= 15 is 0 Å². The van der Waals surface area contributed by atoms with Crippen LogP contribution in [0.3, 0.4) is 0 Å². The minimum Gasteiger partial charge on any atom is -0.411 e. The predicted molar refractivity (Wildman–Crippen MR) is 97.0 cm³/mol. The van der Waals surface area contributed by atoms with Gasteiger partial charge < -0.3 is 19.7 Å². The van der Waals surface area contributed by atoms with E-state index in [2.05, 4.69) is 33.9 Å². The third-order valence-corrected chi connectivity index (χ3v) is 13.6. The molecule has 0 unspecified atom stereocenters. The second-order valence-electron chi connectivity index (χ2n) is 8.09. The number of aliphatic hydroxyl groups is 3. The van der Waals surface area contributed by atoms with Crippen LogP contribution in [0.2, 0.25) is 18.1 Å². The Morgan fingerprint density at radius 2 is 1.73 bits per heavy atom. The first-order valence-electron chi connectivity index (χ1n) is 7.93. The average molecular weight is 367 g/mol. The molecule has 2 fully saturated rings. The van der Waals surface area contributed by atoms with Gasteiger partial charge in [-0.1, -0.05) is 20.8 Å². The lowest BCUT2D eigenvalue weighted by atomic mass is 9.81. The van der Waals surface area contributed by atoms with Crippen molar-refractivity contribution in [1.82, 2.24) is 0 Å². The summed E-state index contributed by atoms with van der Waals surface area (Å²) in [6, 6.07) is 0. The van der Waals surface area contributed by atoms with Crippen molar-refractivity contribution >= 4 is 31.8 Å². The molecule has 1 saturated heterocycles.